The molecule has 0 N–H and O–H groups in total. The minimum absolute atomic E-state index is 0.257. The van der Waals surface area contributed by atoms with E-state index >= 15 is 0 Å². The predicted molar refractivity (Wildman–Crippen MR) is 69.3 cm³/mol. The lowest BCUT2D eigenvalue weighted by atomic mass is 10.3. The Hall–Kier alpha value is -0.353. The molecule has 0 heterocycles. The highest BCUT2D eigenvalue weighted by Crippen LogP contribution is 2.51. The van der Waals surface area contributed by atoms with Crippen molar-refractivity contribution in [2.45, 2.75) is 63.7 Å². The van der Waals surface area contributed by atoms with Crippen LogP contribution in [-0.4, -0.2) is 39.4 Å². The summed E-state index contributed by atoms with van der Waals surface area (Å²) in [7, 11) is -5.10. The van der Waals surface area contributed by atoms with Gasteiger partial charge in [-0.2, -0.15) is 30.7 Å². The summed E-state index contributed by atoms with van der Waals surface area (Å²) in [6.45, 7) is 3.24. The Bertz CT molecular complexity index is 324. The zero-order chi connectivity index (χ0) is 17.7. The van der Waals surface area contributed by atoms with Crippen molar-refractivity contribution in [1.82, 2.24) is 0 Å². The molecule has 0 saturated heterocycles. The second kappa shape index (κ2) is 7.96. The van der Waals surface area contributed by atoms with Crippen molar-refractivity contribution < 1.29 is 39.6 Å². The second-order valence-electron chi connectivity index (χ2n) is 5.00. The molecule has 0 aromatic carbocycles. The number of halogens is 7. The van der Waals surface area contributed by atoms with Gasteiger partial charge in [0.25, 0.3) is 0 Å². The zero-order valence-electron chi connectivity index (χ0n) is 12.7. The van der Waals surface area contributed by atoms with Crippen LogP contribution >= 0.6 is 0 Å². The molecule has 10 heteroatoms. The van der Waals surface area contributed by atoms with E-state index in [9.17, 15) is 30.7 Å². The van der Waals surface area contributed by atoms with Crippen LogP contribution in [0.4, 0.5) is 30.7 Å². The Labute approximate surface area is 126 Å². The standard InChI is InChI=1S/C12H21F7O2Si/c1-4-6-8-20-22(3,21-9-7-5-2)12(18,19)10(13,14)11(15,16)17/h4-9H2,1-3H3. The molecule has 0 aliphatic heterocycles. The number of rotatable bonds is 10. The van der Waals surface area contributed by atoms with Gasteiger partial charge in [-0.1, -0.05) is 26.7 Å². The first kappa shape index (κ1) is 21.6. The highest BCUT2D eigenvalue weighted by Gasteiger charge is 2.81. The molecule has 0 saturated carbocycles. The van der Waals surface area contributed by atoms with Crippen LogP contribution in [0.25, 0.3) is 0 Å². The van der Waals surface area contributed by atoms with E-state index in [1.807, 2.05) is 0 Å². The van der Waals surface area contributed by atoms with Crippen LogP contribution in [0.1, 0.15) is 39.5 Å². The SMILES string of the molecule is CCCCO[Si](C)(OCCCC)C(F)(F)C(F)(F)C(F)(F)F. The van der Waals surface area contributed by atoms with E-state index in [4.69, 9.17) is 8.85 Å². The van der Waals surface area contributed by atoms with Gasteiger partial charge in [-0.05, 0) is 19.4 Å². The van der Waals surface area contributed by atoms with Crippen LogP contribution in [0.5, 0.6) is 0 Å². The number of hydrogen-bond donors (Lipinski definition) is 0. The maximum atomic E-state index is 13.9. The molecule has 0 atom stereocenters. The summed E-state index contributed by atoms with van der Waals surface area (Å²) in [6, 6.07) is 0. The molecule has 22 heavy (non-hydrogen) atoms. The third-order valence-electron chi connectivity index (χ3n) is 3.07. The number of hydrogen-bond acceptors (Lipinski definition) is 2. The monoisotopic (exact) mass is 358 g/mol. The Kier molecular flexibility index (Phi) is 7.83. The molecule has 134 valence electrons. The predicted octanol–water partition coefficient (Wildman–Crippen LogP) is 5.06. The summed E-state index contributed by atoms with van der Waals surface area (Å²) >= 11 is 0. The number of unbranched alkanes of at least 4 members (excludes halogenated alkanes) is 2. The van der Waals surface area contributed by atoms with Crippen molar-refractivity contribution in [3.05, 3.63) is 0 Å². The Morgan fingerprint density at radius 3 is 1.41 bits per heavy atom. The average Bonchev–Trinajstić information content (AvgIpc) is 2.37. The van der Waals surface area contributed by atoms with Crippen molar-refractivity contribution in [3.8, 4) is 0 Å². The first-order valence-corrected chi connectivity index (χ1v) is 9.29. The molecule has 0 aromatic rings. The third kappa shape index (κ3) is 4.57. The topological polar surface area (TPSA) is 18.5 Å². The minimum atomic E-state index is -6.38. The summed E-state index contributed by atoms with van der Waals surface area (Å²) in [5, 5.41) is 0. The van der Waals surface area contributed by atoms with Crippen LogP contribution in [-0.2, 0) is 8.85 Å². The minimum Gasteiger partial charge on any atom is -0.391 e. The molecule has 0 unspecified atom stereocenters. The normalized spacial score (nSPS) is 14.5. The van der Waals surface area contributed by atoms with E-state index in [-0.39, 0.29) is 26.1 Å². The van der Waals surface area contributed by atoms with E-state index in [1.165, 1.54) is 0 Å². The van der Waals surface area contributed by atoms with Gasteiger partial charge in [0.05, 0.1) is 0 Å². The Morgan fingerprint density at radius 2 is 1.14 bits per heavy atom. The lowest BCUT2D eigenvalue weighted by Crippen LogP contribution is -2.68. The smallest absolute Gasteiger partial charge is 0.391 e. The van der Waals surface area contributed by atoms with Crippen molar-refractivity contribution in [2.24, 2.45) is 0 Å². The van der Waals surface area contributed by atoms with Crippen LogP contribution in [0, 0.1) is 0 Å². The van der Waals surface area contributed by atoms with Crippen LogP contribution in [0.15, 0.2) is 0 Å². The van der Waals surface area contributed by atoms with Crippen molar-refractivity contribution in [2.75, 3.05) is 13.2 Å². The van der Waals surface area contributed by atoms with E-state index in [1.54, 1.807) is 13.8 Å². The highest BCUT2D eigenvalue weighted by molar-refractivity contribution is 6.69. The lowest BCUT2D eigenvalue weighted by Gasteiger charge is -2.38. The molecule has 0 amide bonds. The van der Waals surface area contributed by atoms with Gasteiger partial charge in [0, 0.05) is 13.2 Å². The molecule has 0 radical (unpaired) electrons. The Balaban J connectivity index is 5.43. The molecule has 0 spiro atoms. The molecule has 0 aliphatic carbocycles. The van der Waals surface area contributed by atoms with Gasteiger partial charge in [0.15, 0.2) is 0 Å². The summed E-state index contributed by atoms with van der Waals surface area (Å²) in [5.74, 6) is -6.21. The average molecular weight is 358 g/mol. The Morgan fingerprint density at radius 1 is 0.773 bits per heavy atom. The van der Waals surface area contributed by atoms with Crippen LogP contribution in [0.2, 0.25) is 6.55 Å². The maximum absolute atomic E-state index is 13.9. The van der Waals surface area contributed by atoms with E-state index in [2.05, 4.69) is 0 Å². The summed E-state index contributed by atoms with van der Waals surface area (Å²) in [5.41, 5.74) is -5.43. The molecule has 0 aromatic heterocycles. The first-order valence-electron chi connectivity index (χ1n) is 6.97. The van der Waals surface area contributed by atoms with Gasteiger partial charge in [0.2, 0.25) is 0 Å². The third-order valence-corrected chi connectivity index (χ3v) is 6.04. The molecular formula is C12H21F7O2Si. The molecule has 0 rings (SSSR count). The van der Waals surface area contributed by atoms with Crippen LogP contribution < -0.4 is 0 Å². The van der Waals surface area contributed by atoms with Gasteiger partial charge in [-0.3, -0.25) is 0 Å². The first-order chi connectivity index (χ1) is 9.87. The van der Waals surface area contributed by atoms with Gasteiger partial charge >= 0.3 is 26.2 Å². The molecular weight excluding hydrogens is 337 g/mol. The van der Waals surface area contributed by atoms with E-state index in [0.717, 1.165) is 0 Å². The molecule has 0 bridgehead atoms. The number of alkyl halides is 7. The largest absolute Gasteiger partial charge is 0.459 e. The highest BCUT2D eigenvalue weighted by atomic mass is 28.4. The van der Waals surface area contributed by atoms with Crippen molar-refractivity contribution in [1.29, 1.82) is 0 Å². The van der Waals surface area contributed by atoms with E-state index < -0.39 is 26.2 Å². The fraction of sp³-hybridized carbons (Fsp3) is 1.00. The molecule has 2 nitrogen and oxygen atoms in total. The fourth-order valence-electron chi connectivity index (χ4n) is 1.51. The van der Waals surface area contributed by atoms with E-state index in [0.29, 0.717) is 19.4 Å². The fourth-order valence-corrected chi connectivity index (χ4v) is 3.73. The lowest BCUT2D eigenvalue weighted by molar-refractivity contribution is -0.340. The van der Waals surface area contributed by atoms with Gasteiger partial charge < -0.3 is 8.85 Å². The van der Waals surface area contributed by atoms with Crippen molar-refractivity contribution in [3.63, 3.8) is 0 Å². The van der Waals surface area contributed by atoms with Gasteiger partial charge in [-0.25, -0.2) is 0 Å². The quantitative estimate of drug-likeness (QED) is 0.309. The summed E-state index contributed by atoms with van der Waals surface area (Å²) < 4.78 is 101. The molecule has 0 aliphatic rings. The summed E-state index contributed by atoms with van der Waals surface area (Å²) in [4.78, 5) is 0. The van der Waals surface area contributed by atoms with Gasteiger partial charge in [0.1, 0.15) is 0 Å². The zero-order valence-corrected chi connectivity index (χ0v) is 13.7. The maximum Gasteiger partial charge on any atom is 0.459 e. The van der Waals surface area contributed by atoms with Crippen molar-refractivity contribution >= 4 is 8.56 Å². The summed E-state index contributed by atoms with van der Waals surface area (Å²) in [6.07, 6.45) is -4.84. The van der Waals surface area contributed by atoms with Gasteiger partial charge in [-0.15, -0.1) is 0 Å². The second-order valence-corrected chi connectivity index (χ2v) is 8.09. The molecule has 0 fully saturated rings. The van der Waals surface area contributed by atoms with Crippen LogP contribution in [0.3, 0.4) is 0 Å².